The van der Waals surface area contributed by atoms with E-state index in [1.165, 1.54) is 6.07 Å². The maximum atomic E-state index is 12.6. The van der Waals surface area contributed by atoms with Crippen molar-refractivity contribution in [3.8, 4) is 16.9 Å². The fraction of sp³-hybridized carbons (Fsp3) is 0.0400. The van der Waals surface area contributed by atoms with Gasteiger partial charge < -0.3 is 13.6 Å². The van der Waals surface area contributed by atoms with Crippen LogP contribution in [0.1, 0.15) is 5.56 Å². The largest absolute Gasteiger partial charge is 0.489 e. The summed E-state index contributed by atoms with van der Waals surface area (Å²) in [5.41, 5.74) is 0.982. The number of hydrogen-bond donors (Lipinski definition) is 0. The summed E-state index contributed by atoms with van der Waals surface area (Å²) in [6.45, 7) is 0.141. The zero-order valence-electron chi connectivity index (χ0n) is 16.4. The molecule has 0 atom stereocenters. The second-order valence-electron chi connectivity index (χ2n) is 7.11. The molecule has 0 aliphatic rings. The minimum absolute atomic E-state index is 0.141. The Morgan fingerprint density at radius 3 is 2.34 bits per heavy atom. The molecule has 0 aliphatic heterocycles. The molecule has 0 N–H and O–H groups in total. The van der Waals surface area contributed by atoms with Gasteiger partial charge in [-0.15, -0.1) is 0 Å². The van der Waals surface area contributed by atoms with Gasteiger partial charge in [0.05, 0.1) is 5.56 Å². The average molecular weight is 465 g/mol. The van der Waals surface area contributed by atoms with Gasteiger partial charge in [0.15, 0.2) is 0 Å². The first-order valence-corrected chi connectivity index (χ1v) is 10.4. The van der Waals surface area contributed by atoms with Gasteiger partial charge in [-0.25, -0.2) is 9.59 Å². The van der Waals surface area contributed by atoms with Crippen molar-refractivity contribution in [3.05, 3.63) is 109 Å². The Hall–Kier alpha value is -3.54. The molecule has 0 spiro atoms. The normalized spacial score (nSPS) is 11.2. The van der Waals surface area contributed by atoms with Crippen LogP contribution < -0.4 is 16.0 Å². The Balaban J connectivity index is 1.57. The fourth-order valence-corrected chi connectivity index (χ4v) is 4.04. The first-order valence-electron chi connectivity index (χ1n) is 9.66. The van der Waals surface area contributed by atoms with Crippen LogP contribution in [-0.2, 0) is 6.61 Å². The Morgan fingerprint density at radius 2 is 1.53 bits per heavy atom. The van der Waals surface area contributed by atoms with Crippen LogP contribution in [0.15, 0.2) is 91.2 Å². The summed E-state index contributed by atoms with van der Waals surface area (Å²) >= 11 is 12.4. The van der Waals surface area contributed by atoms with Crippen LogP contribution >= 0.6 is 23.2 Å². The van der Waals surface area contributed by atoms with Gasteiger partial charge in [0.1, 0.15) is 23.5 Å². The van der Waals surface area contributed by atoms with E-state index in [1.807, 2.05) is 12.1 Å². The van der Waals surface area contributed by atoms with Crippen LogP contribution in [0.25, 0.3) is 33.1 Å². The average Bonchev–Trinajstić information content (AvgIpc) is 2.77. The topological polar surface area (TPSA) is 69.7 Å². The summed E-state index contributed by atoms with van der Waals surface area (Å²) in [7, 11) is 0. The predicted octanol–water partition coefficient (Wildman–Crippen LogP) is 6.45. The molecule has 5 rings (SSSR count). The van der Waals surface area contributed by atoms with Crippen molar-refractivity contribution in [2.45, 2.75) is 6.61 Å². The summed E-state index contributed by atoms with van der Waals surface area (Å²) in [6.07, 6.45) is 0. The Morgan fingerprint density at radius 1 is 0.750 bits per heavy atom. The number of halogens is 2. The first kappa shape index (κ1) is 20.4. The second kappa shape index (κ2) is 8.19. The molecule has 2 heterocycles. The maximum absolute atomic E-state index is 12.6. The van der Waals surface area contributed by atoms with E-state index in [2.05, 4.69) is 0 Å². The molecule has 5 nitrogen and oxygen atoms in total. The molecule has 3 aromatic carbocycles. The SMILES string of the molecule is O=c1cc(-c2cc3ccccc3oc2=O)c2ccc(OCc3c(Cl)cccc3Cl)cc2o1. The fourth-order valence-electron chi connectivity index (χ4n) is 3.53. The van der Waals surface area contributed by atoms with Gasteiger partial charge in [-0.1, -0.05) is 47.5 Å². The van der Waals surface area contributed by atoms with Crippen LogP contribution in [0.5, 0.6) is 5.75 Å². The van der Waals surface area contributed by atoms with Crippen molar-refractivity contribution in [1.29, 1.82) is 0 Å². The number of rotatable bonds is 4. The number of fused-ring (bicyclic) bond motifs is 2. The molecule has 0 unspecified atom stereocenters. The molecule has 5 aromatic rings. The van der Waals surface area contributed by atoms with Gasteiger partial charge in [-0.05, 0) is 36.4 Å². The first-order chi connectivity index (χ1) is 15.5. The minimum Gasteiger partial charge on any atom is -0.489 e. The van der Waals surface area contributed by atoms with Crippen LogP contribution in [0.2, 0.25) is 10.0 Å². The standard InChI is InChI=1S/C25H14Cl2O5/c26-20-5-3-6-21(27)19(20)13-30-15-8-9-16-17(12-24(28)31-23(16)11-15)18-10-14-4-1-2-7-22(14)32-25(18)29/h1-12H,13H2. The summed E-state index contributed by atoms with van der Waals surface area (Å²) in [5.74, 6) is 0.458. The van der Waals surface area contributed by atoms with Crippen molar-refractivity contribution in [2.24, 2.45) is 0 Å². The molecular formula is C25H14Cl2O5. The third-order valence-corrected chi connectivity index (χ3v) is 5.80. The van der Waals surface area contributed by atoms with Gasteiger partial charge in [0.2, 0.25) is 0 Å². The number of benzene rings is 3. The summed E-state index contributed by atoms with van der Waals surface area (Å²) in [6, 6.07) is 20.4. The van der Waals surface area contributed by atoms with E-state index in [9.17, 15) is 9.59 Å². The van der Waals surface area contributed by atoms with E-state index in [0.29, 0.717) is 37.9 Å². The number of ether oxygens (including phenoxy) is 1. The highest BCUT2D eigenvalue weighted by atomic mass is 35.5. The molecule has 32 heavy (non-hydrogen) atoms. The second-order valence-corrected chi connectivity index (χ2v) is 7.93. The smallest absolute Gasteiger partial charge is 0.344 e. The lowest BCUT2D eigenvalue weighted by molar-refractivity contribution is 0.306. The molecule has 0 bridgehead atoms. The highest BCUT2D eigenvalue weighted by Gasteiger charge is 2.15. The number of para-hydroxylation sites is 1. The molecule has 0 radical (unpaired) electrons. The zero-order chi connectivity index (χ0) is 22.2. The molecule has 0 fully saturated rings. The van der Waals surface area contributed by atoms with Gasteiger partial charge in [0.25, 0.3) is 0 Å². The van der Waals surface area contributed by atoms with Gasteiger partial charge in [-0.3, -0.25) is 0 Å². The third kappa shape index (κ3) is 3.77. The minimum atomic E-state index is -0.591. The summed E-state index contributed by atoms with van der Waals surface area (Å²) < 4.78 is 16.6. The molecular weight excluding hydrogens is 451 g/mol. The summed E-state index contributed by atoms with van der Waals surface area (Å²) in [5, 5.41) is 2.32. The Labute approximate surface area is 191 Å². The van der Waals surface area contributed by atoms with E-state index in [4.69, 9.17) is 36.8 Å². The highest BCUT2D eigenvalue weighted by molar-refractivity contribution is 6.35. The van der Waals surface area contributed by atoms with E-state index in [0.717, 1.165) is 5.39 Å². The predicted molar refractivity (Wildman–Crippen MR) is 125 cm³/mol. The Kier molecular flexibility index (Phi) is 5.21. The van der Waals surface area contributed by atoms with Crippen LogP contribution in [0.3, 0.4) is 0 Å². The molecule has 158 valence electrons. The highest BCUT2D eigenvalue weighted by Crippen LogP contribution is 2.31. The molecule has 0 saturated carbocycles. The molecule has 0 aliphatic carbocycles. The van der Waals surface area contributed by atoms with Crippen molar-refractivity contribution in [1.82, 2.24) is 0 Å². The van der Waals surface area contributed by atoms with Crippen LogP contribution in [0.4, 0.5) is 0 Å². The van der Waals surface area contributed by atoms with Gasteiger partial charge in [0, 0.05) is 44.1 Å². The van der Waals surface area contributed by atoms with Crippen molar-refractivity contribution < 1.29 is 13.6 Å². The molecule has 7 heteroatoms. The third-order valence-electron chi connectivity index (χ3n) is 5.09. The van der Waals surface area contributed by atoms with Crippen LogP contribution in [0, 0.1) is 0 Å². The van der Waals surface area contributed by atoms with Crippen molar-refractivity contribution in [2.75, 3.05) is 0 Å². The number of hydrogen-bond acceptors (Lipinski definition) is 5. The van der Waals surface area contributed by atoms with Crippen LogP contribution in [-0.4, -0.2) is 0 Å². The van der Waals surface area contributed by atoms with E-state index in [1.54, 1.807) is 54.6 Å². The van der Waals surface area contributed by atoms with E-state index >= 15 is 0 Å². The molecule has 2 aromatic heterocycles. The molecule has 0 saturated heterocycles. The lowest BCUT2D eigenvalue weighted by Gasteiger charge is -2.11. The maximum Gasteiger partial charge on any atom is 0.344 e. The van der Waals surface area contributed by atoms with E-state index < -0.39 is 11.3 Å². The van der Waals surface area contributed by atoms with Gasteiger partial charge >= 0.3 is 11.3 Å². The Bertz CT molecular complexity index is 1580. The van der Waals surface area contributed by atoms with E-state index in [-0.39, 0.29) is 17.8 Å². The quantitative estimate of drug-likeness (QED) is 0.285. The van der Waals surface area contributed by atoms with Gasteiger partial charge in [-0.2, -0.15) is 0 Å². The zero-order valence-corrected chi connectivity index (χ0v) is 17.9. The van der Waals surface area contributed by atoms with Crippen molar-refractivity contribution >= 4 is 45.1 Å². The lowest BCUT2D eigenvalue weighted by atomic mass is 10.0. The van der Waals surface area contributed by atoms with Crippen molar-refractivity contribution in [3.63, 3.8) is 0 Å². The monoisotopic (exact) mass is 464 g/mol. The summed E-state index contributed by atoms with van der Waals surface area (Å²) in [4.78, 5) is 24.9. The lowest BCUT2D eigenvalue weighted by Crippen LogP contribution is -2.06. The molecule has 0 amide bonds.